The number of hydrogen-bond donors (Lipinski definition) is 1. The summed E-state index contributed by atoms with van der Waals surface area (Å²) in [5.41, 5.74) is 6.26. The Kier molecular flexibility index (Phi) is 3.62. The van der Waals surface area contributed by atoms with E-state index in [1.54, 1.807) is 36.7 Å². The Labute approximate surface area is 106 Å². The number of aromatic nitrogens is 2. The summed E-state index contributed by atoms with van der Waals surface area (Å²) >= 11 is 0. The zero-order valence-electron chi connectivity index (χ0n) is 10.3. The second kappa shape index (κ2) is 5.35. The molecule has 0 aromatic carbocycles. The lowest BCUT2D eigenvalue weighted by molar-refractivity contribution is 0.232. The highest BCUT2D eigenvalue weighted by atomic mass is 16.5. The summed E-state index contributed by atoms with van der Waals surface area (Å²) in [5, 5.41) is 0. The van der Waals surface area contributed by atoms with Gasteiger partial charge in [0.2, 0.25) is 11.8 Å². The van der Waals surface area contributed by atoms with Crippen molar-refractivity contribution in [3.8, 4) is 17.5 Å². The van der Waals surface area contributed by atoms with Gasteiger partial charge in [-0.05, 0) is 32.0 Å². The molecule has 5 nitrogen and oxygen atoms in total. The van der Waals surface area contributed by atoms with Crippen LogP contribution in [0.1, 0.15) is 13.8 Å². The Morgan fingerprint density at radius 3 is 2.72 bits per heavy atom. The largest absolute Gasteiger partial charge is 0.473 e. The van der Waals surface area contributed by atoms with E-state index in [-0.39, 0.29) is 6.10 Å². The molecule has 2 aromatic rings. The molecule has 0 aliphatic heterocycles. The van der Waals surface area contributed by atoms with Crippen LogP contribution in [0, 0.1) is 0 Å². The van der Waals surface area contributed by atoms with Crippen molar-refractivity contribution in [3.63, 3.8) is 0 Å². The van der Waals surface area contributed by atoms with Crippen LogP contribution in [-0.2, 0) is 0 Å². The normalized spacial score (nSPS) is 10.4. The molecule has 0 amide bonds. The number of nitrogens with two attached hydrogens (primary N) is 1. The van der Waals surface area contributed by atoms with Crippen LogP contribution in [0.15, 0.2) is 36.7 Å². The Morgan fingerprint density at radius 2 is 2.06 bits per heavy atom. The standard InChI is InChI=1S/C13H15N3O2/c1-9(2)17-13-11(14)5-6-12(16-13)18-10-4-3-7-15-8-10/h3-9H,14H2,1-2H3. The van der Waals surface area contributed by atoms with E-state index in [1.165, 1.54) is 0 Å². The highest BCUT2D eigenvalue weighted by Gasteiger charge is 2.07. The molecule has 0 atom stereocenters. The van der Waals surface area contributed by atoms with Crippen LogP contribution >= 0.6 is 0 Å². The minimum atomic E-state index is 0.00782. The van der Waals surface area contributed by atoms with Crippen LogP contribution in [-0.4, -0.2) is 16.1 Å². The molecule has 94 valence electrons. The Morgan fingerprint density at radius 1 is 1.22 bits per heavy atom. The van der Waals surface area contributed by atoms with Crippen molar-refractivity contribution < 1.29 is 9.47 Å². The van der Waals surface area contributed by atoms with Crippen LogP contribution in [0.3, 0.4) is 0 Å². The van der Waals surface area contributed by atoms with E-state index < -0.39 is 0 Å². The third kappa shape index (κ3) is 3.10. The second-order valence-electron chi connectivity index (χ2n) is 4.00. The van der Waals surface area contributed by atoms with Gasteiger partial charge in [0.05, 0.1) is 18.0 Å². The molecule has 2 rings (SSSR count). The lowest BCUT2D eigenvalue weighted by atomic mass is 10.4. The summed E-state index contributed by atoms with van der Waals surface area (Å²) in [4.78, 5) is 8.17. The predicted octanol–water partition coefficient (Wildman–Crippen LogP) is 2.64. The first-order valence-corrected chi connectivity index (χ1v) is 5.66. The van der Waals surface area contributed by atoms with Crippen LogP contribution in [0.2, 0.25) is 0 Å². The molecule has 0 bridgehead atoms. The first-order chi connectivity index (χ1) is 8.65. The summed E-state index contributed by atoms with van der Waals surface area (Å²) in [6, 6.07) is 6.98. The molecule has 0 fully saturated rings. The third-order valence-electron chi connectivity index (χ3n) is 2.07. The van der Waals surface area contributed by atoms with Gasteiger partial charge in [-0.2, -0.15) is 4.98 Å². The van der Waals surface area contributed by atoms with Gasteiger partial charge < -0.3 is 15.2 Å². The molecule has 18 heavy (non-hydrogen) atoms. The van der Waals surface area contributed by atoms with Crippen LogP contribution in [0.5, 0.6) is 17.5 Å². The lowest BCUT2D eigenvalue weighted by Gasteiger charge is -2.12. The maximum Gasteiger partial charge on any atom is 0.240 e. The smallest absolute Gasteiger partial charge is 0.240 e. The van der Waals surface area contributed by atoms with Crippen molar-refractivity contribution in [2.45, 2.75) is 20.0 Å². The third-order valence-corrected chi connectivity index (χ3v) is 2.07. The van der Waals surface area contributed by atoms with Crippen molar-refractivity contribution >= 4 is 5.69 Å². The fourth-order valence-corrected chi connectivity index (χ4v) is 1.34. The molecule has 0 aliphatic carbocycles. The number of rotatable bonds is 4. The molecule has 0 unspecified atom stereocenters. The maximum absolute atomic E-state index is 5.78. The molecular formula is C13H15N3O2. The molecule has 2 N–H and O–H groups in total. The quantitative estimate of drug-likeness (QED) is 0.896. The molecule has 0 saturated carbocycles. The first-order valence-electron chi connectivity index (χ1n) is 5.66. The van der Waals surface area contributed by atoms with Gasteiger partial charge in [0.15, 0.2) is 0 Å². The van der Waals surface area contributed by atoms with Crippen LogP contribution in [0.4, 0.5) is 5.69 Å². The van der Waals surface area contributed by atoms with Gasteiger partial charge >= 0.3 is 0 Å². The molecule has 0 spiro atoms. The number of pyridine rings is 2. The summed E-state index contributed by atoms with van der Waals surface area (Å²) in [5.74, 6) is 1.42. The van der Waals surface area contributed by atoms with Gasteiger partial charge in [-0.15, -0.1) is 0 Å². The van der Waals surface area contributed by atoms with E-state index in [9.17, 15) is 0 Å². The molecule has 0 saturated heterocycles. The van der Waals surface area contributed by atoms with E-state index in [0.29, 0.717) is 23.2 Å². The number of hydrogen-bond acceptors (Lipinski definition) is 5. The Hall–Kier alpha value is -2.30. The van der Waals surface area contributed by atoms with Gasteiger partial charge in [0, 0.05) is 12.3 Å². The van der Waals surface area contributed by atoms with Crippen LogP contribution in [0.25, 0.3) is 0 Å². The second-order valence-corrected chi connectivity index (χ2v) is 4.00. The van der Waals surface area contributed by atoms with Crippen molar-refractivity contribution in [2.24, 2.45) is 0 Å². The number of anilines is 1. The molecule has 5 heteroatoms. The summed E-state index contributed by atoms with van der Waals surface area (Å²) in [6.45, 7) is 3.82. The minimum absolute atomic E-state index is 0.00782. The van der Waals surface area contributed by atoms with E-state index in [1.807, 2.05) is 13.8 Å². The van der Waals surface area contributed by atoms with Gasteiger partial charge in [-0.25, -0.2) is 0 Å². The zero-order chi connectivity index (χ0) is 13.0. The minimum Gasteiger partial charge on any atom is -0.473 e. The lowest BCUT2D eigenvalue weighted by Crippen LogP contribution is -2.09. The molecule has 0 radical (unpaired) electrons. The summed E-state index contributed by atoms with van der Waals surface area (Å²) in [6.07, 6.45) is 3.30. The van der Waals surface area contributed by atoms with Gasteiger partial charge in [0.1, 0.15) is 5.75 Å². The topological polar surface area (TPSA) is 70.3 Å². The fourth-order valence-electron chi connectivity index (χ4n) is 1.34. The van der Waals surface area contributed by atoms with E-state index in [2.05, 4.69) is 9.97 Å². The van der Waals surface area contributed by atoms with Crippen molar-refractivity contribution in [1.82, 2.24) is 9.97 Å². The monoisotopic (exact) mass is 245 g/mol. The maximum atomic E-state index is 5.78. The van der Waals surface area contributed by atoms with Gasteiger partial charge in [-0.3, -0.25) is 4.98 Å². The SMILES string of the molecule is CC(C)Oc1nc(Oc2cccnc2)ccc1N. The molecule has 2 heterocycles. The van der Waals surface area contributed by atoms with E-state index in [4.69, 9.17) is 15.2 Å². The van der Waals surface area contributed by atoms with Crippen LogP contribution < -0.4 is 15.2 Å². The Balaban J connectivity index is 2.19. The average molecular weight is 245 g/mol. The number of nitrogens with zero attached hydrogens (tertiary/aromatic N) is 2. The zero-order valence-corrected chi connectivity index (χ0v) is 10.3. The summed E-state index contributed by atoms with van der Waals surface area (Å²) < 4.78 is 11.0. The van der Waals surface area contributed by atoms with Crippen molar-refractivity contribution in [2.75, 3.05) is 5.73 Å². The summed E-state index contributed by atoms with van der Waals surface area (Å²) in [7, 11) is 0. The molecular weight excluding hydrogens is 230 g/mol. The average Bonchev–Trinajstić information content (AvgIpc) is 2.34. The fraction of sp³-hybridized carbons (Fsp3) is 0.231. The predicted molar refractivity (Wildman–Crippen MR) is 68.7 cm³/mol. The van der Waals surface area contributed by atoms with Gasteiger partial charge in [-0.1, -0.05) is 0 Å². The highest BCUT2D eigenvalue weighted by Crippen LogP contribution is 2.26. The van der Waals surface area contributed by atoms with Crippen molar-refractivity contribution in [1.29, 1.82) is 0 Å². The molecule has 2 aromatic heterocycles. The van der Waals surface area contributed by atoms with E-state index in [0.717, 1.165) is 0 Å². The Bertz CT molecular complexity index is 515. The number of nitrogen functional groups attached to an aromatic ring is 1. The number of ether oxygens (including phenoxy) is 2. The molecule has 0 aliphatic rings. The highest BCUT2D eigenvalue weighted by molar-refractivity contribution is 5.49. The first kappa shape index (κ1) is 12.2. The van der Waals surface area contributed by atoms with E-state index >= 15 is 0 Å². The van der Waals surface area contributed by atoms with Gasteiger partial charge in [0.25, 0.3) is 0 Å². The van der Waals surface area contributed by atoms with Crippen molar-refractivity contribution in [3.05, 3.63) is 36.7 Å².